The Bertz CT molecular complexity index is 363. The van der Waals surface area contributed by atoms with Crippen molar-refractivity contribution in [2.75, 3.05) is 13.2 Å². The second-order valence-electron chi connectivity index (χ2n) is 3.83. The molecule has 0 aromatic rings. The molecular formula is C10H13N3O2. The number of carbonyl (C=O) groups is 1. The van der Waals surface area contributed by atoms with E-state index in [1.165, 1.54) is 0 Å². The summed E-state index contributed by atoms with van der Waals surface area (Å²) in [6.07, 6.45) is 6.00. The average Bonchev–Trinajstić information content (AvgIpc) is 2.75. The Morgan fingerprint density at radius 2 is 2.53 bits per heavy atom. The summed E-state index contributed by atoms with van der Waals surface area (Å²) in [4.78, 5) is 17.0. The van der Waals surface area contributed by atoms with E-state index in [-0.39, 0.29) is 12.1 Å². The van der Waals surface area contributed by atoms with Gasteiger partial charge >= 0.3 is 6.03 Å². The lowest BCUT2D eigenvalue weighted by atomic mass is 9.95. The Kier molecular flexibility index (Phi) is 2.16. The first kappa shape index (κ1) is 9.99. The largest absolute Gasteiger partial charge is 0.385 e. The van der Waals surface area contributed by atoms with Crippen molar-refractivity contribution in [3.63, 3.8) is 0 Å². The van der Waals surface area contributed by atoms with E-state index in [0.29, 0.717) is 25.5 Å². The molecule has 0 aliphatic carbocycles. The number of urea groups is 1. The van der Waals surface area contributed by atoms with Crippen molar-refractivity contribution in [1.29, 1.82) is 0 Å². The highest BCUT2D eigenvalue weighted by molar-refractivity contribution is 6.06. The van der Waals surface area contributed by atoms with Gasteiger partial charge in [0.1, 0.15) is 11.4 Å². The first-order valence-electron chi connectivity index (χ1n) is 4.83. The van der Waals surface area contributed by atoms with Gasteiger partial charge in [0, 0.05) is 13.0 Å². The molecule has 80 valence electrons. The molecule has 0 saturated carbocycles. The Morgan fingerprint density at radius 3 is 3.07 bits per heavy atom. The van der Waals surface area contributed by atoms with Gasteiger partial charge in [-0.1, -0.05) is 5.92 Å². The quantitative estimate of drug-likeness (QED) is 0.613. The number of nitrogens with zero attached hydrogens (tertiary/aromatic N) is 2. The van der Waals surface area contributed by atoms with Crippen molar-refractivity contribution < 1.29 is 9.53 Å². The first-order valence-corrected chi connectivity index (χ1v) is 4.83. The zero-order chi connectivity index (χ0) is 11.1. The summed E-state index contributed by atoms with van der Waals surface area (Å²) in [5.41, 5.74) is 5.19. The monoisotopic (exact) mass is 207 g/mol. The van der Waals surface area contributed by atoms with Gasteiger partial charge in [-0.15, -0.1) is 6.42 Å². The molecule has 1 saturated heterocycles. The number of carbonyl (C=O) groups excluding carboxylic acids is 1. The van der Waals surface area contributed by atoms with Gasteiger partial charge in [-0.05, 0) is 6.92 Å². The summed E-state index contributed by atoms with van der Waals surface area (Å²) in [6.45, 7) is 2.75. The van der Waals surface area contributed by atoms with Crippen LogP contribution in [0.3, 0.4) is 0 Å². The average molecular weight is 207 g/mol. The van der Waals surface area contributed by atoms with Crippen molar-refractivity contribution in [1.82, 2.24) is 4.90 Å². The molecule has 0 aromatic heterocycles. The minimum Gasteiger partial charge on any atom is -0.385 e. The molecule has 2 N–H and O–H groups in total. The SMILES string of the molecule is C#CC(C)N1C(=O)N=C(N)C12CCOC2. The van der Waals surface area contributed by atoms with Gasteiger partial charge in [-0.25, -0.2) is 4.79 Å². The van der Waals surface area contributed by atoms with Crippen LogP contribution in [0.1, 0.15) is 13.3 Å². The Morgan fingerprint density at radius 1 is 1.80 bits per heavy atom. The number of rotatable bonds is 1. The number of aliphatic imine (C=N–C) groups is 1. The molecule has 1 spiro atoms. The summed E-state index contributed by atoms with van der Waals surface area (Å²) >= 11 is 0. The summed E-state index contributed by atoms with van der Waals surface area (Å²) in [7, 11) is 0. The van der Waals surface area contributed by atoms with E-state index in [0.717, 1.165) is 0 Å². The molecule has 2 unspecified atom stereocenters. The topological polar surface area (TPSA) is 67.9 Å². The maximum atomic E-state index is 11.7. The van der Waals surface area contributed by atoms with Crippen LogP contribution < -0.4 is 5.73 Å². The second kappa shape index (κ2) is 3.24. The molecule has 0 radical (unpaired) electrons. The van der Waals surface area contributed by atoms with Crippen molar-refractivity contribution in [2.45, 2.75) is 24.9 Å². The van der Waals surface area contributed by atoms with E-state index in [2.05, 4.69) is 10.9 Å². The predicted octanol–water partition coefficient (Wildman–Crippen LogP) is -0.0400. The maximum absolute atomic E-state index is 11.7. The van der Waals surface area contributed by atoms with Gasteiger partial charge in [-0.2, -0.15) is 4.99 Å². The third-order valence-corrected chi connectivity index (χ3v) is 2.99. The lowest BCUT2D eigenvalue weighted by molar-refractivity contribution is 0.128. The molecular weight excluding hydrogens is 194 g/mol. The third kappa shape index (κ3) is 1.22. The van der Waals surface area contributed by atoms with Gasteiger partial charge in [0.15, 0.2) is 0 Å². The van der Waals surface area contributed by atoms with Crippen LogP contribution in [0.2, 0.25) is 0 Å². The van der Waals surface area contributed by atoms with Crippen molar-refractivity contribution in [3.8, 4) is 12.3 Å². The zero-order valence-electron chi connectivity index (χ0n) is 8.56. The second-order valence-corrected chi connectivity index (χ2v) is 3.83. The number of hydrogen-bond acceptors (Lipinski definition) is 3. The highest BCUT2D eigenvalue weighted by atomic mass is 16.5. The Hall–Kier alpha value is -1.54. The van der Waals surface area contributed by atoms with E-state index < -0.39 is 5.54 Å². The molecule has 5 heteroatoms. The zero-order valence-corrected chi connectivity index (χ0v) is 8.56. The summed E-state index contributed by atoms with van der Waals surface area (Å²) in [6, 6.07) is -0.674. The number of ether oxygens (including phenoxy) is 1. The number of nitrogens with two attached hydrogens (primary N) is 1. The Balaban J connectivity index is 2.38. The molecule has 2 aliphatic rings. The first-order chi connectivity index (χ1) is 7.12. The van der Waals surface area contributed by atoms with Crippen LogP contribution in [0.4, 0.5) is 4.79 Å². The lowest BCUT2D eigenvalue weighted by Crippen LogP contribution is -2.57. The van der Waals surface area contributed by atoms with Gasteiger partial charge in [0.25, 0.3) is 0 Å². The Labute approximate surface area is 88.3 Å². The molecule has 2 rings (SSSR count). The molecule has 0 aromatic carbocycles. The molecule has 15 heavy (non-hydrogen) atoms. The van der Waals surface area contributed by atoms with Crippen LogP contribution in [-0.4, -0.2) is 41.6 Å². The fraction of sp³-hybridized carbons (Fsp3) is 0.600. The summed E-state index contributed by atoms with van der Waals surface area (Å²) < 4.78 is 5.30. The molecule has 2 aliphatic heterocycles. The van der Waals surface area contributed by atoms with Crippen molar-refractivity contribution >= 4 is 11.9 Å². The molecule has 2 heterocycles. The molecule has 1 fully saturated rings. The van der Waals surface area contributed by atoms with Gasteiger partial charge in [0.2, 0.25) is 0 Å². The van der Waals surface area contributed by atoms with E-state index in [9.17, 15) is 4.79 Å². The van der Waals surface area contributed by atoms with E-state index in [4.69, 9.17) is 16.9 Å². The summed E-state index contributed by atoms with van der Waals surface area (Å²) in [5, 5.41) is 0. The number of amidine groups is 1. The highest BCUT2D eigenvalue weighted by Gasteiger charge is 2.52. The van der Waals surface area contributed by atoms with Crippen LogP contribution in [0, 0.1) is 12.3 Å². The fourth-order valence-electron chi connectivity index (χ4n) is 2.12. The van der Waals surface area contributed by atoms with E-state index in [1.54, 1.807) is 11.8 Å². The van der Waals surface area contributed by atoms with Crippen LogP contribution in [0.15, 0.2) is 4.99 Å². The van der Waals surface area contributed by atoms with Crippen LogP contribution in [0.25, 0.3) is 0 Å². The van der Waals surface area contributed by atoms with Crippen LogP contribution >= 0.6 is 0 Å². The molecule has 5 nitrogen and oxygen atoms in total. The minimum atomic E-state index is -0.594. The van der Waals surface area contributed by atoms with Gasteiger partial charge < -0.3 is 10.5 Å². The predicted molar refractivity (Wildman–Crippen MR) is 55.3 cm³/mol. The number of terminal acetylenes is 1. The number of hydrogen-bond donors (Lipinski definition) is 1. The van der Waals surface area contributed by atoms with E-state index >= 15 is 0 Å². The fourth-order valence-corrected chi connectivity index (χ4v) is 2.12. The molecule has 2 atom stereocenters. The van der Waals surface area contributed by atoms with Gasteiger partial charge in [-0.3, -0.25) is 4.90 Å². The normalized spacial score (nSPS) is 31.9. The highest BCUT2D eigenvalue weighted by Crippen LogP contribution is 2.33. The van der Waals surface area contributed by atoms with Crippen molar-refractivity contribution in [3.05, 3.63) is 0 Å². The van der Waals surface area contributed by atoms with Crippen molar-refractivity contribution in [2.24, 2.45) is 10.7 Å². The van der Waals surface area contributed by atoms with Gasteiger partial charge in [0.05, 0.1) is 12.6 Å². The lowest BCUT2D eigenvalue weighted by Gasteiger charge is -2.35. The maximum Gasteiger partial charge on any atom is 0.347 e. The van der Waals surface area contributed by atoms with Crippen LogP contribution in [0.5, 0.6) is 0 Å². The molecule has 2 amide bonds. The minimum absolute atomic E-state index is 0.316. The molecule has 0 bridgehead atoms. The number of amides is 2. The standard InChI is InChI=1S/C10H13N3O2/c1-3-7(2)13-9(14)12-8(11)10(13)4-5-15-6-10/h1,7H,4-6H2,2H3,(H2,11,12,14). The van der Waals surface area contributed by atoms with Crippen LogP contribution in [-0.2, 0) is 4.74 Å². The summed E-state index contributed by atoms with van der Waals surface area (Å²) in [5.74, 6) is 2.86. The van der Waals surface area contributed by atoms with E-state index in [1.807, 2.05) is 0 Å². The smallest absolute Gasteiger partial charge is 0.347 e. The third-order valence-electron chi connectivity index (χ3n) is 2.99.